The first-order chi connectivity index (χ1) is 11.5. The van der Waals surface area contributed by atoms with Crippen LogP contribution in [0.15, 0.2) is 41.8 Å². The van der Waals surface area contributed by atoms with Crippen molar-refractivity contribution in [2.75, 3.05) is 5.32 Å². The summed E-state index contributed by atoms with van der Waals surface area (Å²) in [5, 5.41) is 8.82. The molecule has 0 unspecified atom stereocenters. The van der Waals surface area contributed by atoms with Gasteiger partial charge in [-0.3, -0.25) is 9.48 Å². The number of thiophene rings is 1. The zero-order valence-electron chi connectivity index (χ0n) is 13.2. The molecule has 0 bridgehead atoms. The van der Waals surface area contributed by atoms with Gasteiger partial charge in [0, 0.05) is 18.7 Å². The summed E-state index contributed by atoms with van der Waals surface area (Å²) in [6.07, 6.45) is 0. The molecule has 5 nitrogen and oxygen atoms in total. The zero-order chi connectivity index (χ0) is 17.1. The number of carbonyl (C=O) groups excluding carboxylic acids is 1. The lowest BCUT2D eigenvalue weighted by molar-refractivity contribution is 0.102. The Bertz CT molecular complexity index is 872. The van der Waals surface area contributed by atoms with E-state index in [4.69, 9.17) is 4.74 Å². The summed E-state index contributed by atoms with van der Waals surface area (Å²) in [7, 11) is 1.77. The molecule has 1 N–H and O–H groups in total. The number of carbonyl (C=O) groups is 1. The molecule has 0 atom stereocenters. The third-order valence-electron chi connectivity index (χ3n) is 3.35. The quantitative estimate of drug-likeness (QED) is 0.766. The average Bonchev–Trinajstić information content (AvgIpc) is 3.13. The minimum Gasteiger partial charge on any atom is -0.486 e. The highest BCUT2D eigenvalue weighted by atomic mass is 32.1. The third-order valence-corrected chi connectivity index (χ3v) is 4.33. The number of amides is 1. The molecule has 3 aromatic rings. The number of aromatic nitrogens is 2. The molecule has 7 heteroatoms. The van der Waals surface area contributed by atoms with Crippen LogP contribution in [-0.4, -0.2) is 15.7 Å². The number of halogens is 1. The molecular formula is C17H16FN3O2S. The number of anilines is 1. The number of ether oxygens (including phenoxy) is 1. The van der Waals surface area contributed by atoms with Crippen molar-refractivity contribution in [3.05, 3.63) is 63.7 Å². The third kappa shape index (κ3) is 3.62. The van der Waals surface area contributed by atoms with E-state index in [1.165, 1.54) is 17.4 Å². The zero-order valence-corrected chi connectivity index (χ0v) is 14.1. The molecule has 124 valence electrons. The first-order valence-electron chi connectivity index (χ1n) is 7.29. The van der Waals surface area contributed by atoms with Gasteiger partial charge in [-0.25, -0.2) is 4.39 Å². The molecule has 0 aliphatic rings. The summed E-state index contributed by atoms with van der Waals surface area (Å²) in [6.45, 7) is 2.06. The van der Waals surface area contributed by atoms with Gasteiger partial charge < -0.3 is 10.1 Å². The van der Waals surface area contributed by atoms with Crippen LogP contribution in [0.2, 0.25) is 0 Å². The van der Waals surface area contributed by atoms with Gasteiger partial charge in [0.15, 0.2) is 11.6 Å². The number of rotatable bonds is 5. The maximum absolute atomic E-state index is 13.5. The first kappa shape index (κ1) is 16.2. The van der Waals surface area contributed by atoms with Gasteiger partial charge in [-0.2, -0.15) is 5.10 Å². The summed E-state index contributed by atoms with van der Waals surface area (Å²) < 4.78 is 20.6. The average molecular weight is 345 g/mol. The lowest BCUT2D eigenvalue weighted by Crippen LogP contribution is -2.13. The number of para-hydroxylation sites is 1. The number of hydrogen-bond acceptors (Lipinski definition) is 4. The van der Waals surface area contributed by atoms with Crippen LogP contribution in [0, 0.1) is 12.7 Å². The van der Waals surface area contributed by atoms with Crippen molar-refractivity contribution in [3.63, 3.8) is 0 Å². The predicted octanol–water partition coefficient (Wildman–Crippen LogP) is 3.76. The van der Waals surface area contributed by atoms with Crippen LogP contribution >= 0.6 is 11.3 Å². The van der Waals surface area contributed by atoms with Crippen LogP contribution in [0.25, 0.3) is 0 Å². The van der Waals surface area contributed by atoms with E-state index in [0.29, 0.717) is 10.7 Å². The molecule has 0 aliphatic heterocycles. The smallest absolute Gasteiger partial charge is 0.266 e. The topological polar surface area (TPSA) is 56.1 Å². The molecule has 2 aromatic heterocycles. The molecule has 3 rings (SSSR count). The van der Waals surface area contributed by atoms with Crippen LogP contribution in [-0.2, 0) is 13.7 Å². The van der Waals surface area contributed by atoms with Crippen LogP contribution in [0.3, 0.4) is 0 Å². The molecule has 0 radical (unpaired) electrons. The Morgan fingerprint density at radius 1 is 1.38 bits per heavy atom. The van der Waals surface area contributed by atoms with E-state index in [0.717, 1.165) is 11.3 Å². The Morgan fingerprint density at radius 3 is 2.88 bits per heavy atom. The molecule has 0 saturated carbocycles. The molecule has 2 heterocycles. The number of hydrogen-bond donors (Lipinski definition) is 1. The SMILES string of the molecule is Cc1cc(NC(=O)c2cc(COc3ccccc3F)cs2)n(C)n1. The van der Waals surface area contributed by atoms with Crippen molar-refractivity contribution in [1.82, 2.24) is 9.78 Å². The highest BCUT2D eigenvalue weighted by Gasteiger charge is 2.12. The summed E-state index contributed by atoms with van der Waals surface area (Å²) in [6, 6.07) is 9.77. The van der Waals surface area contributed by atoms with Gasteiger partial charge in [-0.05, 0) is 30.5 Å². The summed E-state index contributed by atoms with van der Waals surface area (Å²) in [5.41, 5.74) is 1.65. The van der Waals surface area contributed by atoms with Gasteiger partial charge in [-0.1, -0.05) is 12.1 Å². The lowest BCUT2D eigenvalue weighted by Gasteiger charge is -2.05. The number of nitrogens with one attached hydrogen (secondary N) is 1. The molecular weight excluding hydrogens is 329 g/mol. The number of nitrogens with zero attached hydrogens (tertiary/aromatic N) is 2. The molecule has 0 spiro atoms. The maximum Gasteiger partial charge on any atom is 0.266 e. The Morgan fingerprint density at radius 2 is 2.17 bits per heavy atom. The van der Waals surface area contributed by atoms with Crippen LogP contribution in [0.4, 0.5) is 10.2 Å². The highest BCUT2D eigenvalue weighted by molar-refractivity contribution is 7.12. The van der Waals surface area contributed by atoms with Crippen molar-refractivity contribution in [3.8, 4) is 5.75 Å². The monoisotopic (exact) mass is 345 g/mol. The fourth-order valence-corrected chi connectivity index (χ4v) is 2.99. The maximum atomic E-state index is 13.5. The van der Waals surface area contributed by atoms with Gasteiger partial charge >= 0.3 is 0 Å². The Labute approximate surface area is 142 Å². The normalized spacial score (nSPS) is 10.6. The fourth-order valence-electron chi connectivity index (χ4n) is 2.20. The van der Waals surface area contributed by atoms with Crippen molar-refractivity contribution in [1.29, 1.82) is 0 Å². The van der Waals surface area contributed by atoms with Gasteiger partial charge in [0.2, 0.25) is 0 Å². The van der Waals surface area contributed by atoms with Crippen LogP contribution < -0.4 is 10.1 Å². The second-order valence-electron chi connectivity index (χ2n) is 5.29. The van der Waals surface area contributed by atoms with Gasteiger partial charge in [0.05, 0.1) is 10.6 Å². The lowest BCUT2D eigenvalue weighted by atomic mass is 10.3. The van der Waals surface area contributed by atoms with Crippen LogP contribution in [0.1, 0.15) is 20.9 Å². The molecule has 1 aromatic carbocycles. The van der Waals surface area contributed by atoms with E-state index >= 15 is 0 Å². The predicted molar refractivity (Wildman–Crippen MR) is 90.9 cm³/mol. The van der Waals surface area contributed by atoms with Crippen molar-refractivity contribution < 1.29 is 13.9 Å². The van der Waals surface area contributed by atoms with Crippen molar-refractivity contribution >= 4 is 23.1 Å². The summed E-state index contributed by atoms with van der Waals surface area (Å²) in [5.74, 6) is 0.215. The second-order valence-corrected chi connectivity index (χ2v) is 6.20. The summed E-state index contributed by atoms with van der Waals surface area (Å²) >= 11 is 1.31. The Balaban J connectivity index is 1.63. The standard InChI is InChI=1S/C17H16FN3O2S/c1-11-7-16(21(2)20-11)19-17(22)15-8-12(10-24-15)9-23-14-6-4-3-5-13(14)18/h3-8,10H,9H2,1-2H3,(H,19,22). The molecule has 24 heavy (non-hydrogen) atoms. The van der Waals surface area contributed by atoms with Gasteiger partial charge in [0.1, 0.15) is 12.4 Å². The van der Waals surface area contributed by atoms with E-state index in [-0.39, 0.29) is 18.3 Å². The second kappa shape index (κ2) is 6.84. The minimum absolute atomic E-state index is 0.195. The molecule has 1 amide bonds. The minimum atomic E-state index is -0.405. The molecule has 0 aliphatic carbocycles. The van der Waals surface area contributed by atoms with Crippen molar-refractivity contribution in [2.45, 2.75) is 13.5 Å². The van der Waals surface area contributed by atoms with E-state index in [9.17, 15) is 9.18 Å². The van der Waals surface area contributed by atoms with E-state index in [1.807, 2.05) is 12.3 Å². The van der Waals surface area contributed by atoms with E-state index < -0.39 is 5.82 Å². The fraction of sp³-hybridized carbons (Fsp3) is 0.176. The largest absolute Gasteiger partial charge is 0.486 e. The first-order valence-corrected chi connectivity index (χ1v) is 8.17. The number of aryl methyl sites for hydroxylation is 2. The van der Waals surface area contributed by atoms with E-state index in [2.05, 4.69) is 10.4 Å². The van der Waals surface area contributed by atoms with Gasteiger partial charge in [0.25, 0.3) is 5.91 Å². The number of benzene rings is 1. The Kier molecular flexibility index (Phi) is 4.61. The van der Waals surface area contributed by atoms with Crippen molar-refractivity contribution in [2.24, 2.45) is 7.05 Å². The summed E-state index contributed by atoms with van der Waals surface area (Å²) in [4.78, 5) is 12.8. The molecule has 0 fully saturated rings. The van der Waals surface area contributed by atoms with E-state index in [1.54, 1.807) is 42.1 Å². The molecule has 0 saturated heterocycles. The van der Waals surface area contributed by atoms with Gasteiger partial charge in [-0.15, -0.1) is 11.3 Å². The Hall–Kier alpha value is -2.67. The van der Waals surface area contributed by atoms with Crippen LogP contribution in [0.5, 0.6) is 5.75 Å². The highest BCUT2D eigenvalue weighted by Crippen LogP contribution is 2.21.